The molecule has 2 amide bonds. The fraction of sp³-hybridized carbons (Fsp3) is 0.500. The second-order valence-corrected chi connectivity index (χ2v) is 6.09. The normalized spacial score (nSPS) is 21.2. The maximum atomic E-state index is 12.7. The number of aromatic amines is 1. The van der Waals surface area contributed by atoms with Crippen LogP contribution in [0.2, 0.25) is 0 Å². The highest BCUT2D eigenvalue weighted by atomic mass is 19.3. The third-order valence-corrected chi connectivity index (χ3v) is 4.42. The molecule has 0 unspecified atom stereocenters. The molecule has 8 heteroatoms. The van der Waals surface area contributed by atoms with E-state index in [1.54, 1.807) is 18.2 Å². The van der Waals surface area contributed by atoms with Crippen molar-refractivity contribution in [2.45, 2.75) is 38.2 Å². The molecule has 1 aromatic heterocycles. The Morgan fingerprint density at radius 3 is 2.92 bits per heavy atom. The van der Waals surface area contributed by atoms with Crippen molar-refractivity contribution < 1.29 is 18.7 Å². The summed E-state index contributed by atoms with van der Waals surface area (Å²) in [5.41, 5.74) is 1.35. The smallest absolute Gasteiger partial charge is 0.319 e. The number of anilines is 1. The number of hydrogen-bond donors (Lipinski definition) is 4. The number of imidazole rings is 1. The number of alkyl halides is 2. The second-order valence-electron chi connectivity index (χ2n) is 6.09. The molecule has 6 nitrogen and oxygen atoms in total. The average molecular weight is 338 g/mol. The van der Waals surface area contributed by atoms with Crippen LogP contribution in [0.3, 0.4) is 0 Å². The summed E-state index contributed by atoms with van der Waals surface area (Å²) >= 11 is 0. The van der Waals surface area contributed by atoms with Gasteiger partial charge < -0.3 is 20.7 Å². The van der Waals surface area contributed by atoms with Gasteiger partial charge >= 0.3 is 6.03 Å². The van der Waals surface area contributed by atoms with Gasteiger partial charge in [-0.15, -0.1) is 0 Å². The highest BCUT2D eigenvalue weighted by Crippen LogP contribution is 2.25. The van der Waals surface area contributed by atoms with E-state index >= 15 is 0 Å². The van der Waals surface area contributed by atoms with Crippen LogP contribution in [0.1, 0.15) is 37.9 Å². The van der Waals surface area contributed by atoms with Crippen LogP contribution >= 0.6 is 0 Å². The van der Waals surface area contributed by atoms with E-state index in [0.29, 0.717) is 16.7 Å². The van der Waals surface area contributed by atoms with Crippen molar-refractivity contribution in [1.29, 1.82) is 0 Å². The number of benzene rings is 1. The fourth-order valence-corrected chi connectivity index (χ4v) is 3.16. The molecule has 1 aliphatic carbocycles. The Hall–Kier alpha value is -2.22. The topological polar surface area (TPSA) is 90.0 Å². The Bertz CT molecular complexity index is 719. The molecule has 0 aliphatic heterocycles. The van der Waals surface area contributed by atoms with Gasteiger partial charge in [0, 0.05) is 24.3 Å². The van der Waals surface area contributed by atoms with Gasteiger partial charge in [0.1, 0.15) is 0 Å². The van der Waals surface area contributed by atoms with E-state index in [0.717, 1.165) is 25.7 Å². The zero-order valence-electron chi connectivity index (χ0n) is 13.1. The number of urea groups is 1. The van der Waals surface area contributed by atoms with E-state index in [1.807, 2.05) is 0 Å². The summed E-state index contributed by atoms with van der Waals surface area (Å²) in [6, 6.07) is 4.34. The lowest BCUT2D eigenvalue weighted by atomic mass is 9.85. The Morgan fingerprint density at radius 1 is 1.38 bits per heavy atom. The number of nitrogens with zero attached hydrogens (tertiary/aromatic N) is 1. The molecule has 1 fully saturated rings. The lowest BCUT2D eigenvalue weighted by Crippen LogP contribution is -2.45. The van der Waals surface area contributed by atoms with Crippen LogP contribution in [-0.4, -0.2) is 33.8 Å². The van der Waals surface area contributed by atoms with Crippen molar-refractivity contribution in [2.75, 3.05) is 11.9 Å². The van der Waals surface area contributed by atoms with Gasteiger partial charge in [0.05, 0.1) is 11.0 Å². The highest BCUT2D eigenvalue weighted by molar-refractivity contribution is 5.92. The van der Waals surface area contributed by atoms with E-state index in [-0.39, 0.29) is 30.4 Å². The molecule has 130 valence electrons. The van der Waals surface area contributed by atoms with Gasteiger partial charge in [0.25, 0.3) is 6.43 Å². The number of aliphatic hydroxyl groups is 1. The first-order valence-corrected chi connectivity index (χ1v) is 8.03. The minimum Gasteiger partial charge on any atom is -0.396 e. The Kier molecular flexibility index (Phi) is 4.94. The van der Waals surface area contributed by atoms with Crippen LogP contribution in [-0.2, 0) is 0 Å². The number of aromatic nitrogens is 2. The molecule has 2 aromatic rings. The van der Waals surface area contributed by atoms with Crippen molar-refractivity contribution in [2.24, 2.45) is 5.92 Å². The molecule has 0 saturated heterocycles. The Labute approximate surface area is 137 Å². The fourth-order valence-electron chi connectivity index (χ4n) is 3.16. The minimum atomic E-state index is -2.67. The van der Waals surface area contributed by atoms with Crippen LogP contribution in [0.25, 0.3) is 11.0 Å². The van der Waals surface area contributed by atoms with Crippen LogP contribution in [0, 0.1) is 5.92 Å². The Morgan fingerprint density at radius 2 is 2.17 bits per heavy atom. The van der Waals surface area contributed by atoms with Crippen LogP contribution in [0.15, 0.2) is 18.2 Å². The van der Waals surface area contributed by atoms with E-state index in [9.17, 15) is 18.7 Å². The van der Waals surface area contributed by atoms with E-state index in [4.69, 9.17) is 0 Å². The number of rotatable bonds is 4. The number of halogens is 2. The molecule has 1 aromatic carbocycles. The van der Waals surface area contributed by atoms with E-state index in [2.05, 4.69) is 20.6 Å². The molecule has 0 radical (unpaired) electrons. The predicted molar refractivity (Wildman–Crippen MR) is 86.0 cm³/mol. The SMILES string of the molecule is O=C(Nc1ccc2nc(C(F)F)[nH]c2c1)N[C@H]1CCCC[C@H]1CO. The van der Waals surface area contributed by atoms with Crippen molar-refractivity contribution >= 4 is 22.8 Å². The number of carbonyl (C=O) groups excluding carboxylic acids is 1. The summed E-state index contributed by atoms with van der Waals surface area (Å²) in [6.45, 7) is 0.0570. The summed E-state index contributed by atoms with van der Waals surface area (Å²) in [6.07, 6.45) is 1.17. The second kappa shape index (κ2) is 7.12. The van der Waals surface area contributed by atoms with Gasteiger partial charge in [0.2, 0.25) is 0 Å². The monoisotopic (exact) mass is 338 g/mol. The average Bonchev–Trinajstić information content (AvgIpc) is 2.99. The molecule has 2 atom stereocenters. The first kappa shape index (κ1) is 16.6. The summed E-state index contributed by atoms with van der Waals surface area (Å²) in [7, 11) is 0. The number of hydrogen-bond acceptors (Lipinski definition) is 3. The van der Waals surface area contributed by atoms with Crippen molar-refractivity contribution in [3.05, 3.63) is 24.0 Å². The number of nitrogens with one attached hydrogen (secondary N) is 3. The van der Waals surface area contributed by atoms with Crippen molar-refractivity contribution in [3.8, 4) is 0 Å². The van der Waals surface area contributed by atoms with Crippen LogP contribution < -0.4 is 10.6 Å². The van der Waals surface area contributed by atoms with Crippen LogP contribution in [0.4, 0.5) is 19.3 Å². The largest absolute Gasteiger partial charge is 0.396 e. The molecule has 0 spiro atoms. The van der Waals surface area contributed by atoms with Gasteiger partial charge in [-0.1, -0.05) is 12.8 Å². The molecular weight excluding hydrogens is 318 g/mol. The number of aliphatic hydroxyl groups excluding tert-OH is 1. The first-order valence-electron chi connectivity index (χ1n) is 8.03. The summed E-state index contributed by atoms with van der Waals surface area (Å²) in [4.78, 5) is 18.5. The molecule has 1 aliphatic rings. The maximum absolute atomic E-state index is 12.7. The van der Waals surface area contributed by atoms with Crippen molar-refractivity contribution in [3.63, 3.8) is 0 Å². The number of amides is 2. The third-order valence-electron chi connectivity index (χ3n) is 4.42. The van der Waals surface area contributed by atoms with Crippen LogP contribution in [0.5, 0.6) is 0 Å². The number of H-pyrrole nitrogens is 1. The minimum absolute atomic E-state index is 0.0509. The molecule has 0 bridgehead atoms. The lowest BCUT2D eigenvalue weighted by molar-refractivity contribution is 0.142. The molecule has 4 N–H and O–H groups in total. The zero-order chi connectivity index (χ0) is 17.1. The molecule has 1 saturated carbocycles. The van der Waals surface area contributed by atoms with E-state index in [1.165, 1.54) is 0 Å². The maximum Gasteiger partial charge on any atom is 0.319 e. The Balaban J connectivity index is 1.66. The van der Waals surface area contributed by atoms with Gasteiger partial charge in [-0.2, -0.15) is 0 Å². The summed E-state index contributed by atoms with van der Waals surface area (Å²) in [5.74, 6) is -0.312. The van der Waals surface area contributed by atoms with Gasteiger partial charge in [-0.05, 0) is 31.0 Å². The van der Waals surface area contributed by atoms with Gasteiger partial charge in [0.15, 0.2) is 5.82 Å². The summed E-state index contributed by atoms with van der Waals surface area (Å²) < 4.78 is 25.3. The lowest BCUT2D eigenvalue weighted by Gasteiger charge is -2.30. The van der Waals surface area contributed by atoms with E-state index < -0.39 is 6.43 Å². The molecule has 24 heavy (non-hydrogen) atoms. The van der Waals surface area contributed by atoms with Gasteiger partial charge in [-0.25, -0.2) is 18.6 Å². The molecule has 1 heterocycles. The molecule has 3 rings (SSSR count). The summed E-state index contributed by atoms with van der Waals surface area (Å²) in [5, 5.41) is 15.0. The third kappa shape index (κ3) is 3.64. The highest BCUT2D eigenvalue weighted by Gasteiger charge is 2.25. The quantitative estimate of drug-likeness (QED) is 0.690. The standard InChI is InChI=1S/C16H20F2N4O2/c17-14(18)15-20-12-6-5-10(7-13(12)21-15)19-16(24)22-11-4-2-1-3-9(11)8-23/h5-7,9,11,14,23H,1-4,8H2,(H,20,21)(H2,19,22,24)/t9-,11-/m0/s1. The predicted octanol–water partition coefficient (Wildman–Crippen LogP) is 3.17. The number of fused-ring (bicyclic) bond motifs is 1. The van der Waals surface area contributed by atoms with Crippen molar-refractivity contribution in [1.82, 2.24) is 15.3 Å². The molecular formula is C16H20F2N4O2. The number of carbonyl (C=O) groups is 1. The van der Waals surface area contributed by atoms with Gasteiger partial charge in [-0.3, -0.25) is 0 Å². The first-order chi connectivity index (χ1) is 11.6. The zero-order valence-corrected chi connectivity index (χ0v) is 13.1.